The standard InChI is InChI=1S/C12H14F3N/c1-8(2)6-11(16)9-4-3-5-10(7-9)12(13,14)15/h3-5,7,11H,1,6,16H2,2H3/t11-/m0/s1. The summed E-state index contributed by atoms with van der Waals surface area (Å²) in [5.74, 6) is 0. The van der Waals surface area contributed by atoms with Gasteiger partial charge in [0.05, 0.1) is 5.56 Å². The van der Waals surface area contributed by atoms with Crippen molar-refractivity contribution in [3.05, 3.63) is 47.5 Å². The average Bonchev–Trinajstić information content (AvgIpc) is 2.15. The molecule has 1 aromatic carbocycles. The van der Waals surface area contributed by atoms with Gasteiger partial charge in [-0.2, -0.15) is 13.2 Å². The minimum absolute atomic E-state index is 0.431. The summed E-state index contributed by atoms with van der Waals surface area (Å²) in [6, 6.07) is 4.67. The summed E-state index contributed by atoms with van der Waals surface area (Å²) in [4.78, 5) is 0. The average molecular weight is 229 g/mol. The lowest BCUT2D eigenvalue weighted by Crippen LogP contribution is -2.12. The summed E-state index contributed by atoms with van der Waals surface area (Å²) in [5, 5.41) is 0. The van der Waals surface area contributed by atoms with Gasteiger partial charge in [0.1, 0.15) is 0 Å². The molecule has 0 aliphatic heterocycles. The van der Waals surface area contributed by atoms with E-state index in [1.165, 1.54) is 6.07 Å². The van der Waals surface area contributed by atoms with Crippen LogP contribution in [0.1, 0.15) is 30.5 Å². The fraction of sp³-hybridized carbons (Fsp3) is 0.333. The zero-order valence-corrected chi connectivity index (χ0v) is 9.01. The Hall–Kier alpha value is -1.29. The van der Waals surface area contributed by atoms with E-state index >= 15 is 0 Å². The molecule has 1 rings (SSSR count). The minimum Gasteiger partial charge on any atom is -0.324 e. The first kappa shape index (κ1) is 12.8. The molecule has 0 saturated heterocycles. The van der Waals surface area contributed by atoms with Crippen molar-refractivity contribution in [3.63, 3.8) is 0 Å². The Labute approximate surface area is 92.8 Å². The SMILES string of the molecule is C=C(C)C[C@H](N)c1cccc(C(F)(F)F)c1. The molecule has 0 aromatic heterocycles. The van der Waals surface area contributed by atoms with Crippen LogP contribution >= 0.6 is 0 Å². The van der Waals surface area contributed by atoms with Gasteiger partial charge in [-0.15, -0.1) is 6.58 Å². The van der Waals surface area contributed by atoms with E-state index in [2.05, 4.69) is 6.58 Å². The van der Waals surface area contributed by atoms with E-state index in [1.807, 2.05) is 0 Å². The number of rotatable bonds is 3. The predicted molar refractivity (Wildman–Crippen MR) is 57.8 cm³/mol. The van der Waals surface area contributed by atoms with Crippen LogP contribution in [0.4, 0.5) is 13.2 Å². The molecule has 1 atom stereocenters. The second-order valence-corrected chi connectivity index (χ2v) is 3.89. The molecule has 0 amide bonds. The minimum atomic E-state index is -4.32. The van der Waals surface area contributed by atoms with Gasteiger partial charge in [0.25, 0.3) is 0 Å². The van der Waals surface area contributed by atoms with E-state index in [-0.39, 0.29) is 0 Å². The van der Waals surface area contributed by atoms with E-state index in [0.29, 0.717) is 12.0 Å². The van der Waals surface area contributed by atoms with Crippen molar-refractivity contribution >= 4 is 0 Å². The highest BCUT2D eigenvalue weighted by Gasteiger charge is 2.30. The second-order valence-electron chi connectivity index (χ2n) is 3.89. The lowest BCUT2D eigenvalue weighted by molar-refractivity contribution is -0.137. The van der Waals surface area contributed by atoms with Crippen LogP contribution in [-0.4, -0.2) is 0 Å². The Morgan fingerprint density at radius 3 is 2.56 bits per heavy atom. The zero-order chi connectivity index (χ0) is 12.3. The summed E-state index contributed by atoms with van der Waals surface area (Å²) in [5.41, 5.74) is 6.45. The molecule has 88 valence electrons. The molecule has 16 heavy (non-hydrogen) atoms. The first-order valence-electron chi connectivity index (χ1n) is 4.88. The first-order chi connectivity index (χ1) is 7.30. The van der Waals surface area contributed by atoms with Crippen molar-refractivity contribution in [2.45, 2.75) is 25.6 Å². The number of halogens is 3. The number of benzene rings is 1. The van der Waals surface area contributed by atoms with Crippen LogP contribution in [0.5, 0.6) is 0 Å². The topological polar surface area (TPSA) is 26.0 Å². The Morgan fingerprint density at radius 2 is 2.06 bits per heavy atom. The smallest absolute Gasteiger partial charge is 0.324 e. The highest BCUT2D eigenvalue weighted by molar-refractivity contribution is 5.28. The maximum Gasteiger partial charge on any atom is 0.416 e. The van der Waals surface area contributed by atoms with Crippen LogP contribution in [-0.2, 0) is 6.18 Å². The third-order valence-corrected chi connectivity index (χ3v) is 2.21. The molecule has 1 nitrogen and oxygen atoms in total. The van der Waals surface area contributed by atoms with Gasteiger partial charge < -0.3 is 5.73 Å². The quantitative estimate of drug-likeness (QED) is 0.786. The lowest BCUT2D eigenvalue weighted by Gasteiger charge is -2.14. The van der Waals surface area contributed by atoms with Crippen molar-refractivity contribution in [2.24, 2.45) is 5.73 Å². The molecule has 0 aliphatic rings. The molecule has 0 heterocycles. The Kier molecular flexibility index (Phi) is 3.75. The molecule has 0 spiro atoms. The summed E-state index contributed by atoms with van der Waals surface area (Å²) < 4.78 is 37.3. The molecule has 0 saturated carbocycles. The normalized spacial score (nSPS) is 13.6. The van der Waals surface area contributed by atoms with Crippen LogP contribution in [0.25, 0.3) is 0 Å². The third kappa shape index (κ3) is 3.38. The van der Waals surface area contributed by atoms with Crippen molar-refractivity contribution in [1.82, 2.24) is 0 Å². The van der Waals surface area contributed by atoms with Crippen molar-refractivity contribution < 1.29 is 13.2 Å². The van der Waals surface area contributed by atoms with Crippen LogP contribution in [0, 0.1) is 0 Å². The van der Waals surface area contributed by atoms with E-state index in [9.17, 15) is 13.2 Å². The third-order valence-electron chi connectivity index (χ3n) is 2.21. The Morgan fingerprint density at radius 1 is 1.44 bits per heavy atom. The predicted octanol–water partition coefficient (Wildman–Crippen LogP) is 3.67. The molecule has 2 N–H and O–H groups in total. The molecule has 0 aliphatic carbocycles. The molecule has 0 fully saturated rings. The van der Waals surface area contributed by atoms with Crippen molar-refractivity contribution in [3.8, 4) is 0 Å². The fourth-order valence-corrected chi connectivity index (χ4v) is 1.44. The van der Waals surface area contributed by atoms with Crippen LogP contribution < -0.4 is 5.73 Å². The number of hydrogen-bond acceptors (Lipinski definition) is 1. The summed E-state index contributed by atoms with van der Waals surface area (Å²) in [6.07, 6.45) is -3.83. The molecule has 4 heteroatoms. The van der Waals surface area contributed by atoms with Gasteiger partial charge in [-0.3, -0.25) is 0 Å². The molecule has 0 radical (unpaired) electrons. The summed E-state index contributed by atoms with van der Waals surface area (Å²) >= 11 is 0. The Balaban J connectivity index is 2.94. The van der Waals surface area contributed by atoms with E-state index < -0.39 is 17.8 Å². The Bertz CT molecular complexity index is 382. The first-order valence-corrected chi connectivity index (χ1v) is 4.88. The molecular formula is C12H14F3N. The highest BCUT2D eigenvalue weighted by atomic mass is 19.4. The summed E-state index contributed by atoms with van der Waals surface area (Å²) in [6.45, 7) is 5.49. The van der Waals surface area contributed by atoms with Crippen molar-refractivity contribution in [1.29, 1.82) is 0 Å². The van der Waals surface area contributed by atoms with E-state index in [0.717, 1.165) is 17.7 Å². The fourth-order valence-electron chi connectivity index (χ4n) is 1.44. The monoisotopic (exact) mass is 229 g/mol. The van der Waals surface area contributed by atoms with Gasteiger partial charge in [0.2, 0.25) is 0 Å². The van der Waals surface area contributed by atoms with Gasteiger partial charge >= 0.3 is 6.18 Å². The maximum absolute atomic E-state index is 12.4. The maximum atomic E-state index is 12.4. The lowest BCUT2D eigenvalue weighted by atomic mass is 9.99. The van der Waals surface area contributed by atoms with Crippen LogP contribution in [0.3, 0.4) is 0 Å². The molecule has 1 aromatic rings. The van der Waals surface area contributed by atoms with Crippen molar-refractivity contribution in [2.75, 3.05) is 0 Å². The largest absolute Gasteiger partial charge is 0.416 e. The molecule has 0 unspecified atom stereocenters. The van der Waals surface area contributed by atoms with Crippen LogP contribution in [0.15, 0.2) is 36.4 Å². The van der Waals surface area contributed by atoms with Gasteiger partial charge in [0, 0.05) is 6.04 Å². The second kappa shape index (κ2) is 4.70. The number of alkyl halides is 3. The van der Waals surface area contributed by atoms with Gasteiger partial charge in [-0.1, -0.05) is 17.7 Å². The van der Waals surface area contributed by atoms with Gasteiger partial charge in [-0.05, 0) is 31.0 Å². The van der Waals surface area contributed by atoms with Gasteiger partial charge in [-0.25, -0.2) is 0 Å². The highest BCUT2D eigenvalue weighted by Crippen LogP contribution is 2.31. The molecular weight excluding hydrogens is 215 g/mol. The van der Waals surface area contributed by atoms with E-state index in [1.54, 1.807) is 13.0 Å². The van der Waals surface area contributed by atoms with Gasteiger partial charge in [0.15, 0.2) is 0 Å². The van der Waals surface area contributed by atoms with E-state index in [4.69, 9.17) is 5.73 Å². The van der Waals surface area contributed by atoms with Crippen LogP contribution in [0.2, 0.25) is 0 Å². The zero-order valence-electron chi connectivity index (χ0n) is 9.01. The number of hydrogen-bond donors (Lipinski definition) is 1. The number of nitrogens with two attached hydrogens (primary N) is 1. The molecule has 0 bridgehead atoms. The summed E-state index contributed by atoms with van der Waals surface area (Å²) in [7, 11) is 0.